The maximum atomic E-state index is 11.8. The van der Waals surface area contributed by atoms with E-state index < -0.39 is 0 Å². The van der Waals surface area contributed by atoms with Gasteiger partial charge in [0.1, 0.15) is 0 Å². The highest BCUT2D eigenvalue weighted by molar-refractivity contribution is 5.75. The maximum Gasteiger partial charge on any atom is 0.305 e. The van der Waals surface area contributed by atoms with E-state index in [1.165, 1.54) is 24.0 Å². The molecule has 0 aromatic heterocycles. The minimum absolute atomic E-state index is 0.123. The van der Waals surface area contributed by atoms with Gasteiger partial charge in [-0.1, -0.05) is 62.6 Å². The highest BCUT2D eigenvalue weighted by atomic mass is 16.5. The molecule has 0 spiro atoms. The van der Waals surface area contributed by atoms with Crippen molar-refractivity contribution in [3.8, 4) is 0 Å². The zero-order valence-corrected chi connectivity index (χ0v) is 20.2. The van der Waals surface area contributed by atoms with Gasteiger partial charge in [-0.05, 0) is 57.7 Å². The third-order valence-electron chi connectivity index (χ3n) is 4.79. The van der Waals surface area contributed by atoms with Crippen molar-refractivity contribution in [1.82, 2.24) is 10.6 Å². The van der Waals surface area contributed by atoms with Gasteiger partial charge in [0.15, 0.2) is 0 Å². The van der Waals surface area contributed by atoms with Crippen LogP contribution in [0.3, 0.4) is 0 Å². The summed E-state index contributed by atoms with van der Waals surface area (Å²) in [7, 11) is 0. The smallest absolute Gasteiger partial charge is 0.305 e. The van der Waals surface area contributed by atoms with Crippen LogP contribution in [0, 0.1) is 0 Å². The van der Waals surface area contributed by atoms with Gasteiger partial charge in [0.2, 0.25) is 5.91 Å². The molecule has 31 heavy (non-hydrogen) atoms. The predicted octanol–water partition coefficient (Wildman–Crippen LogP) is 5.55. The molecule has 1 rings (SSSR count). The normalized spacial score (nSPS) is 10.6. The Morgan fingerprint density at radius 1 is 0.903 bits per heavy atom. The summed E-state index contributed by atoms with van der Waals surface area (Å²) in [5.74, 6) is 0.0689. The molecule has 5 nitrogen and oxygen atoms in total. The molecule has 0 saturated heterocycles. The lowest BCUT2D eigenvalue weighted by Gasteiger charge is -2.08. The van der Waals surface area contributed by atoms with Crippen molar-refractivity contribution in [2.45, 2.75) is 85.5 Å². The molecule has 2 N–H and O–H groups in total. The van der Waals surface area contributed by atoms with Crippen molar-refractivity contribution in [2.24, 2.45) is 0 Å². The molecule has 0 bridgehead atoms. The minimum Gasteiger partial charge on any atom is -0.466 e. The van der Waals surface area contributed by atoms with Crippen LogP contribution in [0.25, 0.3) is 0 Å². The predicted molar refractivity (Wildman–Crippen MR) is 130 cm³/mol. The molecule has 0 saturated carbocycles. The molecular formula is C26H44N2O3. The van der Waals surface area contributed by atoms with E-state index in [1.54, 1.807) is 13.8 Å². The van der Waals surface area contributed by atoms with Gasteiger partial charge in [0.25, 0.3) is 0 Å². The van der Waals surface area contributed by atoms with Crippen LogP contribution in [0.15, 0.2) is 42.1 Å². The Bertz CT molecular complexity index is 600. The number of ether oxygens (including phenoxy) is 1. The lowest BCUT2D eigenvalue weighted by Crippen LogP contribution is -2.24. The highest BCUT2D eigenvalue weighted by Crippen LogP contribution is 2.09. The Hall–Kier alpha value is -2.30. The number of unbranched alkanes of at least 4 members (excludes halogenated alkanes) is 3. The van der Waals surface area contributed by atoms with Crippen LogP contribution in [0.4, 0.5) is 0 Å². The molecule has 1 amide bonds. The van der Waals surface area contributed by atoms with Crippen LogP contribution in [-0.4, -0.2) is 31.6 Å². The van der Waals surface area contributed by atoms with Gasteiger partial charge in [-0.2, -0.15) is 0 Å². The number of hydrogen-bond acceptors (Lipinski definition) is 4. The van der Waals surface area contributed by atoms with Crippen LogP contribution in [0.5, 0.6) is 0 Å². The standard InChI is InChI=1S/C21H34N2O.C5H10O2/c1-3-19(18-22-4-2)16-17-23-21(24)15-11-6-5-8-12-20-13-9-7-10-14-20;1-3-5(6)7-4-2/h7,9-10,13-14,18,22H,3-6,8,11-12,15-17H2,1-2H3,(H,23,24);3-4H2,1-2H3/b19-18+;. The fourth-order valence-corrected chi connectivity index (χ4v) is 2.92. The highest BCUT2D eigenvalue weighted by Gasteiger charge is 2.02. The van der Waals surface area contributed by atoms with Crippen LogP contribution in [-0.2, 0) is 20.7 Å². The van der Waals surface area contributed by atoms with Crippen molar-refractivity contribution >= 4 is 11.9 Å². The molecule has 0 unspecified atom stereocenters. The van der Waals surface area contributed by atoms with E-state index in [2.05, 4.69) is 65.7 Å². The topological polar surface area (TPSA) is 67.4 Å². The molecular weight excluding hydrogens is 388 g/mol. The summed E-state index contributed by atoms with van der Waals surface area (Å²) in [6, 6.07) is 10.6. The number of esters is 1. The average Bonchev–Trinajstić information content (AvgIpc) is 2.79. The lowest BCUT2D eigenvalue weighted by molar-refractivity contribution is -0.142. The van der Waals surface area contributed by atoms with Gasteiger partial charge >= 0.3 is 5.97 Å². The van der Waals surface area contributed by atoms with Gasteiger partial charge in [0.05, 0.1) is 6.61 Å². The van der Waals surface area contributed by atoms with Crippen molar-refractivity contribution in [3.05, 3.63) is 47.7 Å². The molecule has 0 aliphatic carbocycles. The summed E-state index contributed by atoms with van der Waals surface area (Å²) < 4.78 is 4.55. The molecule has 0 heterocycles. The number of hydrogen-bond donors (Lipinski definition) is 2. The van der Waals surface area contributed by atoms with Gasteiger partial charge < -0.3 is 15.4 Å². The van der Waals surface area contributed by atoms with Crippen LogP contribution >= 0.6 is 0 Å². The summed E-state index contributed by atoms with van der Waals surface area (Å²) in [6.07, 6.45) is 10.9. The Kier molecular flexibility index (Phi) is 19.4. The average molecular weight is 433 g/mol. The number of amides is 1. The van der Waals surface area contributed by atoms with Gasteiger partial charge in [-0.3, -0.25) is 9.59 Å². The van der Waals surface area contributed by atoms with E-state index in [9.17, 15) is 9.59 Å². The minimum atomic E-state index is -0.123. The van der Waals surface area contributed by atoms with Crippen molar-refractivity contribution < 1.29 is 14.3 Å². The summed E-state index contributed by atoms with van der Waals surface area (Å²) >= 11 is 0. The lowest BCUT2D eigenvalue weighted by atomic mass is 10.1. The van der Waals surface area contributed by atoms with Crippen LogP contribution < -0.4 is 10.6 Å². The Morgan fingerprint density at radius 2 is 1.61 bits per heavy atom. The molecule has 1 aromatic carbocycles. The Balaban J connectivity index is 0.00000110. The first kappa shape index (κ1) is 28.7. The van der Waals surface area contributed by atoms with Crippen molar-refractivity contribution in [2.75, 3.05) is 19.7 Å². The summed E-state index contributed by atoms with van der Waals surface area (Å²) in [6.45, 7) is 10.0. The number of carbonyl (C=O) groups excluding carboxylic acids is 2. The monoisotopic (exact) mass is 432 g/mol. The van der Waals surface area contributed by atoms with Crippen molar-refractivity contribution in [3.63, 3.8) is 0 Å². The first-order valence-electron chi connectivity index (χ1n) is 11.9. The van der Waals surface area contributed by atoms with Gasteiger partial charge in [-0.15, -0.1) is 0 Å². The number of aryl methyl sites for hydroxylation is 1. The first-order valence-corrected chi connectivity index (χ1v) is 11.9. The second-order valence-electron chi connectivity index (χ2n) is 7.37. The molecule has 176 valence electrons. The number of nitrogens with one attached hydrogen (secondary N) is 2. The summed E-state index contributed by atoms with van der Waals surface area (Å²) in [5.41, 5.74) is 2.77. The zero-order chi connectivity index (χ0) is 23.2. The van der Waals surface area contributed by atoms with E-state index >= 15 is 0 Å². The molecule has 0 aliphatic heterocycles. The number of rotatable bonds is 15. The van der Waals surface area contributed by atoms with Crippen LogP contribution in [0.2, 0.25) is 0 Å². The largest absolute Gasteiger partial charge is 0.466 e. The van der Waals surface area contributed by atoms with E-state index in [1.807, 2.05) is 0 Å². The molecule has 0 atom stereocenters. The molecule has 5 heteroatoms. The SMILES string of the molecule is CCN/C=C(\CC)CCNC(=O)CCCCCCc1ccccc1.CCOC(=O)CC. The Labute approximate surface area is 190 Å². The summed E-state index contributed by atoms with van der Waals surface area (Å²) in [4.78, 5) is 22.0. The van der Waals surface area contributed by atoms with Crippen LogP contribution in [0.1, 0.15) is 84.6 Å². The molecule has 0 fully saturated rings. The summed E-state index contributed by atoms with van der Waals surface area (Å²) in [5, 5.41) is 6.26. The van der Waals surface area contributed by atoms with Crippen molar-refractivity contribution in [1.29, 1.82) is 0 Å². The third kappa shape index (κ3) is 18.2. The van der Waals surface area contributed by atoms with E-state index in [-0.39, 0.29) is 11.9 Å². The molecule has 0 aliphatic rings. The van der Waals surface area contributed by atoms with E-state index in [4.69, 9.17) is 0 Å². The number of carbonyl (C=O) groups is 2. The quantitative estimate of drug-likeness (QED) is 0.282. The molecule has 1 aromatic rings. The van der Waals surface area contributed by atoms with Gasteiger partial charge in [0, 0.05) is 25.9 Å². The first-order chi connectivity index (χ1) is 15.1. The molecule has 0 radical (unpaired) electrons. The second-order valence-corrected chi connectivity index (χ2v) is 7.37. The zero-order valence-electron chi connectivity index (χ0n) is 20.2. The van der Waals surface area contributed by atoms with Gasteiger partial charge in [-0.25, -0.2) is 0 Å². The van der Waals surface area contributed by atoms with E-state index in [0.717, 1.165) is 45.2 Å². The maximum absolute atomic E-state index is 11.8. The second kappa shape index (κ2) is 21.0. The number of benzene rings is 1. The fraction of sp³-hybridized carbons (Fsp3) is 0.615. The fourth-order valence-electron chi connectivity index (χ4n) is 2.92. The van der Waals surface area contributed by atoms with E-state index in [0.29, 0.717) is 19.4 Å². The Morgan fingerprint density at radius 3 is 2.19 bits per heavy atom. The third-order valence-corrected chi connectivity index (χ3v) is 4.79.